The Morgan fingerprint density at radius 2 is 1.61 bits per heavy atom. The lowest BCUT2D eigenvalue weighted by atomic mass is 9.96. The molecule has 1 rings (SSSR count). The topological polar surface area (TPSA) is 25.2 Å². The van der Waals surface area contributed by atoms with Gasteiger partial charge >= 0.3 is 12.4 Å². The van der Waals surface area contributed by atoms with Crippen LogP contribution in [0, 0.1) is 5.92 Å². The van der Waals surface area contributed by atoms with E-state index in [-0.39, 0.29) is 4.67 Å². The van der Waals surface area contributed by atoms with E-state index in [1.165, 1.54) is 6.07 Å². The molecular formula is C9H8BrF6NO. The van der Waals surface area contributed by atoms with Crippen LogP contribution in [0.25, 0.3) is 0 Å². The van der Waals surface area contributed by atoms with E-state index in [0.717, 1.165) is 13.1 Å². The van der Waals surface area contributed by atoms with Crippen LogP contribution in [0.4, 0.5) is 26.3 Å². The maximum Gasteiger partial charge on any atom is 0.402 e. The highest BCUT2D eigenvalue weighted by atomic mass is 79.9. The molecule has 1 N–H and O–H groups in total. The Hall–Kier alpha value is -0.700. The standard InChI is InChI=1S/C9H8BrF6NO/c1-17-6(4-2-3-5(10)18-4)7(8(11,12)13)9(14,15)16/h2-3,6-7,17H,1H3. The molecule has 0 aliphatic heterocycles. The normalized spacial score (nSPS) is 15.2. The van der Waals surface area contributed by atoms with E-state index in [2.05, 4.69) is 15.9 Å². The zero-order valence-electron chi connectivity index (χ0n) is 8.86. The molecule has 0 spiro atoms. The van der Waals surface area contributed by atoms with Crippen molar-refractivity contribution in [2.75, 3.05) is 7.05 Å². The Kier molecular flexibility index (Phi) is 4.37. The minimum absolute atomic E-state index is 0.0563. The molecule has 18 heavy (non-hydrogen) atoms. The molecule has 9 heteroatoms. The van der Waals surface area contributed by atoms with Gasteiger partial charge in [-0.3, -0.25) is 0 Å². The lowest BCUT2D eigenvalue weighted by Crippen LogP contribution is -2.44. The van der Waals surface area contributed by atoms with Crippen molar-refractivity contribution in [2.45, 2.75) is 18.4 Å². The highest BCUT2D eigenvalue weighted by molar-refractivity contribution is 9.10. The van der Waals surface area contributed by atoms with Gasteiger partial charge in [0.2, 0.25) is 0 Å². The predicted molar refractivity (Wildman–Crippen MR) is 53.8 cm³/mol. The molecular weight excluding hydrogens is 332 g/mol. The summed E-state index contributed by atoms with van der Waals surface area (Å²) in [6.07, 6.45) is -10.9. The first-order valence-electron chi connectivity index (χ1n) is 4.63. The molecule has 0 saturated carbocycles. The second-order valence-corrected chi connectivity index (χ2v) is 4.25. The van der Waals surface area contributed by atoms with Crippen molar-refractivity contribution in [3.8, 4) is 0 Å². The van der Waals surface area contributed by atoms with Gasteiger partial charge in [0.1, 0.15) is 5.76 Å². The highest BCUT2D eigenvalue weighted by Gasteiger charge is 2.61. The zero-order chi connectivity index (χ0) is 14.1. The second-order valence-electron chi connectivity index (χ2n) is 3.47. The third kappa shape index (κ3) is 3.41. The summed E-state index contributed by atoms with van der Waals surface area (Å²) < 4.78 is 80.0. The van der Waals surface area contributed by atoms with Crippen molar-refractivity contribution in [1.82, 2.24) is 5.32 Å². The second kappa shape index (κ2) is 5.12. The number of rotatable bonds is 3. The van der Waals surface area contributed by atoms with E-state index in [1.54, 1.807) is 0 Å². The number of hydrogen-bond acceptors (Lipinski definition) is 2. The SMILES string of the molecule is CNC(c1ccc(Br)o1)C(C(F)(F)F)C(F)(F)F. The Balaban J connectivity index is 3.18. The summed E-state index contributed by atoms with van der Waals surface area (Å²) in [6, 6.07) is 0.246. The van der Waals surface area contributed by atoms with E-state index in [4.69, 9.17) is 4.42 Å². The van der Waals surface area contributed by atoms with Gasteiger partial charge in [0.05, 0.1) is 6.04 Å². The van der Waals surface area contributed by atoms with Gasteiger partial charge in [0.15, 0.2) is 10.6 Å². The third-order valence-corrected chi connectivity index (χ3v) is 2.68. The molecule has 0 aromatic carbocycles. The summed E-state index contributed by atoms with van der Waals surface area (Å²) in [5, 5.41) is 1.99. The quantitative estimate of drug-likeness (QED) is 0.840. The molecule has 1 atom stereocenters. The molecule has 0 saturated heterocycles. The Bertz CT molecular complexity index is 384. The van der Waals surface area contributed by atoms with Crippen LogP contribution in [-0.2, 0) is 0 Å². The maximum atomic E-state index is 12.5. The fourth-order valence-electron chi connectivity index (χ4n) is 1.53. The fraction of sp³-hybridized carbons (Fsp3) is 0.556. The van der Waals surface area contributed by atoms with Crippen molar-refractivity contribution in [3.05, 3.63) is 22.6 Å². The van der Waals surface area contributed by atoms with Crippen molar-refractivity contribution in [1.29, 1.82) is 0 Å². The first-order chi connectivity index (χ1) is 8.07. The van der Waals surface area contributed by atoms with Crippen LogP contribution in [0.1, 0.15) is 11.8 Å². The molecule has 1 unspecified atom stereocenters. The van der Waals surface area contributed by atoms with Gasteiger partial charge in [-0.2, -0.15) is 26.3 Å². The molecule has 1 aromatic rings. The van der Waals surface area contributed by atoms with Crippen molar-refractivity contribution in [3.63, 3.8) is 0 Å². The van der Waals surface area contributed by atoms with Crippen molar-refractivity contribution < 1.29 is 30.8 Å². The van der Waals surface area contributed by atoms with Crippen molar-refractivity contribution in [2.24, 2.45) is 5.92 Å². The van der Waals surface area contributed by atoms with E-state index in [1.807, 2.05) is 5.32 Å². The van der Waals surface area contributed by atoms with E-state index in [0.29, 0.717) is 0 Å². The molecule has 0 amide bonds. The zero-order valence-corrected chi connectivity index (χ0v) is 10.4. The van der Waals surface area contributed by atoms with Crippen LogP contribution in [0.3, 0.4) is 0 Å². The smallest absolute Gasteiger partial charge is 0.402 e. The van der Waals surface area contributed by atoms with Crippen LogP contribution in [0.5, 0.6) is 0 Å². The largest absolute Gasteiger partial charge is 0.453 e. The van der Waals surface area contributed by atoms with Gasteiger partial charge < -0.3 is 9.73 Å². The van der Waals surface area contributed by atoms with Crippen LogP contribution in [0.2, 0.25) is 0 Å². The minimum Gasteiger partial charge on any atom is -0.453 e. The van der Waals surface area contributed by atoms with Gasteiger partial charge in [-0.05, 0) is 35.1 Å². The molecule has 0 fully saturated rings. The summed E-state index contributed by atoms with van der Waals surface area (Å²) >= 11 is 2.82. The molecule has 2 nitrogen and oxygen atoms in total. The Labute approximate surface area is 106 Å². The minimum atomic E-state index is -5.43. The molecule has 104 valence electrons. The van der Waals surface area contributed by atoms with Gasteiger partial charge in [0.25, 0.3) is 0 Å². The van der Waals surface area contributed by atoms with Crippen molar-refractivity contribution >= 4 is 15.9 Å². The lowest BCUT2D eigenvalue weighted by molar-refractivity contribution is -0.293. The number of nitrogens with one attached hydrogen (secondary N) is 1. The number of hydrogen-bond donors (Lipinski definition) is 1. The van der Waals surface area contributed by atoms with Gasteiger partial charge in [-0.1, -0.05) is 0 Å². The fourth-order valence-corrected chi connectivity index (χ4v) is 1.85. The lowest BCUT2D eigenvalue weighted by Gasteiger charge is -2.29. The average Bonchev–Trinajstić information content (AvgIpc) is 2.56. The molecule has 0 aliphatic rings. The predicted octanol–water partition coefficient (Wildman–Crippen LogP) is 4.04. The van der Waals surface area contributed by atoms with Crippen LogP contribution >= 0.6 is 15.9 Å². The molecule has 1 heterocycles. The molecule has 0 radical (unpaired) electrons. The highest BCUT2D eigenvalue weighted by Crippen LogP contribution is 2.46. The first-order valence-corrected chi connectivity index (χ1v) is 5.42. The van der Waals surface area contributed by atoms with Gasteiger partial charge in [0, 0.05) is 0 Å². The van der Waals surface area contributed by atoms with Crippen LogP contribution in [-0.4, -0.2) is 19.4 Å². The summed E-state index contributed by atoms with van der Waals surface area (Å²) in [5.74, 6) is -3.97. The van der Waals surface area contributed by atoms with E-state index >= 15 is 0 Å². The third-order valence-electron chi connectivity index (χ3n) is 2.25. The summed E-state index contributed by atoms with van der Waals surface area (Å²) in [4.78, 5) is 0. The van der Waals surface area contributed by atoms with E-state index in [9.17, 15) is 26.3 Å². The monoisotopic (exact) mass is 339 g/mol. The molecule has 0 bridgehead atoms. The van der Waals surface area contributed by atoms with E-state index < -0.39 is 30.1 Å². The Morgan fingerprint density at radius 3 is 1.89 bits per heavy atom. The Morgan fingerprint density at radius 1 is 1.11 bits per heavy atom. The molecule has 0 aliphatic carbocycles. The summed E-state index contributed by atoms with van der Waals surface area (Å²) in [7, 11) is 1.01. The molecule has 1 aromatic heterocycles. The first kappa shape index (κ1) is 15.4. The number of alkyl halides is 6. The van der Waals surface area contributed by atoms with Gasteiger partial charge in [-0.15, -0.1) is 0 Å². The summed E-state index contributed by atoms with van der Waals surface area (Å²) in [5.41, 5.74) is 0. The number of furan rings is 1. The average molecular weight is 340 g/mol. The number of halogens is 7. The maximum absolute atomic E-state index is 12.5. The van der Waals surface area contributed by atoms with Gasteiger partial charge in [-0.25, -0.2) is 0 Å². The summed E-state index contributed by atoms with van der Waals surface area (Å²) in [6.45, 7) is 0. The van der Waals surface area contributed by atoms with Crippen LogP contribution in [0.15, 0.2) is 21.2 Å². The van der Waals surface area contributed by atoms with Crippen LogP contribution < -0.4 is 5.32 Å².